The quantitative estimate of drug-likeness (QED) is 0.874. The molecule has 19 heavy (non-hydrogen) atoms. The summed E-state index contributed by atoms with van der Waals surface area (Å²) in [4.78, 5) is 27.8. The molecule has 0 saturated heterocycles. The van der Waals surface area contributed by atoms with Gasteiger partial charge in [0.05, 0.1) is 12.1 Å². The van der Waals surface area contributed by atoms with Gasteiger partial charge in [-0.05, 0) is 30.7 Å². The van der Waals surface area contributed by atoms with Gasteiger partial charge in [0, 0.05) is 6.20 Å². The van der Waals surface area contributed by atoms with Crippen LogP contribution >= 0.6 is 11.3 Å². The molecule has 0 aliphatic heterocycles. The van der Waals surface area contributed by atoms with E-state index in [4.69, 9.17) is 0 Å². The monoisotopic (exact) mass is 276 g/mol. The molecular formula is C13H12N2O3S. The van der Waals surface area contributed by atoms with Crippen LogP contribution in [0, 0.1) is 6.92 Å². The summed E-state index contributed by atoms with van der Waals surface area (Å²) in [5, 5.41) is 3.29. The van der Waals surface area contributed by atoms with E-state index in [1.165, 1.54) is 7.11 Å². The lowest BCUT2D eigenvalue weighted by Crippen LogP contribution is -2.14. The highest BCUT2D eigenvalue weighted by molar-refractivity contribution is 7.18. The van der Waals surface area contributed by atoms with Crippen LogP contribution in [-0.4, -0.2) is 24.0 Å². The summed E-state index contributed by atoms with van der Waals surface area (Å²) < 4.78 is 4.60. The van der Waals surface area contributed by atoms with Gasteiger partial charge in [0.25, 0.3) is 5.91 Å². The molecule has 0 atom stereocenters. The van der Waals surface area contributed by atoms with Gasteiger partial charge in [-0.2, -0.15) is 0 Å². The second kappa shape index (κ2) is 5.62. The fourth-order valence-electron chi connectivity index (χ4n) is 1.51. The zero-order valence-electron chi connectivity index (χ0n) is 10.5. The molecule has 2 aromatic heterocycles. The van der Waals surface area contributed by atoms with Crippen molar-refractivity contribution in [1.29, 1.82) is 0 Å². The van der Waals surface area contributed by atoms with Gasteiger partial charge in [-0.25, -0.2) is 4.79 Å². The number of carbonyl (C=O) groups is 2. The number of aryl methyl sites for hydroxylation is 1. The molecule has 1 N–H and O–H groups in total. The Morgan fingerprint density at radius 3 is 2.79 bits per heavy atom. The minimum atomic E-state index is -0.417. The van der Waals surface area contributed by atoms with Gasteiger partial charge in [-0.3, -0.25) is 9.78 Å². The highest BCUT2D eigenvalue weighted by Crippen LogP contribution is 2.23. The molecule has 2 rings (SSSR count). The summed E-state index contributed by atoms with van der Waals surface area (Å²) in [5.41, 5.74) is 1.17. The molecule has 0 fully saturated rings. The van der Waals surface area contributed by atoms with Gasteiger partial charge >= 0.3 is 5.97 Å². The van der Waals surface area contributed by atoms with Crippen LogP contribution in [0.25, 0.3) is 0 Å². The van der Waals surface area contributed by atoms with Gasteiger partial charge in [0.1, 0.15) is 10.6 Å². The van der Waals surface area contributed by atoms with Crippen molar-refractivity contribution in [3.05, 3.63) is 46.6 Å². The van der Waals surface area contributed by atoms with E-state index >= 15 is 0 Å². The first-order valence-electron chi connectivity index (χ1n) is 5.53. The third-order valence-electron chi connectivity index (χ3n) is 2.45. The minimum absolute atomic E-state index is 0.295. The lowest BCUT2D eigenvalue weighted by Gasteiger charge is -2.04. The second-order valence-corrected chi connectivity index (χ2v) is 4.86. The molecule has 5 nitrogen and oxygen atoms in total. The Morgan fingerprint density at radius 1 is 1.32 bits per heavy atom. The van der Waals surface area contributed by atoms with Crippen molar-refractivity contribution < 1.29 is 14.3 Å². The Kier molecular flexibility index (Phi) is 3.91. The fraction of sp³-hybridized carbons (Fsp3) is 0.154. The van der Waals surface area contributed by atoms with Crippen molar-refractivity contribution in [2.24, 2.45) is 0 Å². The number of hydrogen-bond acceptors (Lipinski definition) is 5. The molecular weight excluding hydrogens is 264 g/mol. The van der Waals surface area contributed by atoms with E-state index in [0.29, 0.717) is 15.6 Å². The molecule has 2 heterocycles. The van der Waals surface area contributed by atoms with Crippen molar-refractivity contribution >= 4 is 28.2 Å². The van der Waals surface area contributed by atoms with Gasteiger partial charge in [0.15, 0.2) is 0 Å². The van der Waals surface area contributed by atoms with E-state index in [0.717, 1.165) is 16.9 Å². The molecule has 0 aromatic carbocycles. The fourth-order valence-corrected chi connectivity index (χ4v) is 2.33. The third kappa shape index (κ3) is 2.97. The molecule has 0 bridgehead atoms. The van der Waals surface area contributed by atoms with Crippen LogP contribution in [0.1, 0.15) is 25.7 Å². The van der Waals surface area contributed by atoms with Crippen molar-refractivity contribution in [3.63, 3.8) is 0 Å². The number of hydrogen-bond donors (Lipinski definition) is 1. The maximum absolute atomic E-state index is 12.0. The highest BCUT2D eigenvalue weighted by atomic mass is 32.1. The average molecular weight is 276 g/mol. The third-order valence-corrected chi connectivity index (χ3v) is 3.43. The first-order valence-corrected chi connectivity index (χ1v) is 6.34. The lowest BCUT2D eigenvalue weighted by atomic mass is 10.2. The number of pyridine rings is 1. The molecule has 6 heteroatoms. The van der Waals surface area contributed by atoms with E-state index < -0.39 is 5.97 Å². The number of ether oxygens (including phenoxy) is 1. The Hall–Kier alpha value is -2.21. The van der Waals surface area contributed by atoms with E-state index in [1.54, 1.807) is 24.4 Å². The number of anilines is 1. The maximum atomic E-state index is 12.0. The molecule has 0 radical (unpaired) electrons. The summed E-state index contributed by atoms with van der Waals surface area (Å²) in [5.74, 6) is -0.712. The lowest BCUT2D eigenvalue weighted by molar-refractivity contribution is 0.0606. The molecule has 1 amide bonds. The summed E-state index contributed by atoms with van der Waals surface area (Å²) in [6, 6.07) is 6.85. The number of esters is 1. The standard InChI is InChI=1S/C13H12N2O3S/c1-8-4-3-7-14-11(8)12(16)15-10-6-5-9(19-10)13(17)18-2/h3-7H,1-2H3,(H,15,16). The summed E-state index contributed by atoms with van der Waals surface area (Å²) in [6.07, 6.45) is 1.57. The smallest absolute Gasteiger partial charge is 0.348 e. The van der Waals surface area contributed by atoms with E-state index in [-0.39, 0.29) is 5.91 Å². The minimum Gasteiger partial charge on any atom is -0.465 e. The van der Waals surface area contributed by atoms with Gasteiger partial charge in [-0.1, -0.05) is 6.07 Å². The number of aromatic nitrogens is 1. The first-order chi connectivity index (χ1) is 9.11. The van der Waals surface area contributed by atoms with Crippen molar-refractivity contribution in [1.82, 2.24) is 4.98 Å². The number of carbonyl (C=O) groups excluding carboxylic acids is 2. The summed E-state index contributed by atoms with van der Waals surface area (Å²) >= 11 is 1.16. The first kappa shape index (κ1) is 13.2. The number of amides is 1. The highest BCUT2D eigenvalue weighted by Gasteiger charge is 2.13. The van der Waals surface area contributed by atoms with Crippen LogP contribution < -0.4 is 5.32 Å². The molecule has 0 unspecified atom stereocenters. The van der Waals surface area contributed by atoms with E-state index in [2.05, 4.69) is 15.0 Å². The van der Waals surface area contributed by atoms with E-state index in [1.807, 2.05) is 13.0 Å². The molecule has 0 spiro atoms. The normalized spacial score (nSPS) is 10.0. The summed E-state index contributed by atoms with van der Waals surface area (Å²) in [6.45, 7) is 1.82. The number of rotatable bonds is 3. The Labute approximate surface area is 114 Å². The molecule has 0 aliphatic carbocycles. The molecule has 0 aliphatic rings. The van der Waals surface area contributed by atoms with Gasteiger partial charge < -0.3 is 10.1 Å². The number of thiophene rings is 1. The number of nitrogens with zero attached hydrogens (tertiary/aromatic N) is 1. The summed E-state index contributed by atoms with van der Waals surface area (Å²) in [7, 11) is 1.32. The molecule has 2 aromatic rings. The average Bonchev–Trinajstić information content (AvgIpc) is 2.86. The Balaban J connectivity index is 2.14. The Bertz CT molecular complexity index is 622. The zero-order chi connectivity index (χ0) is 13.8. The SMILES string of the molecule is COC(=O)c1ccc(NC(=O)c2ncccc2C)s1. The van der Waals surface area contributed by atoms with Crippen molar-refractivity contribution in [2.45, 2.75) is 6.92 Å². The van der Waals surface area contributed by atoms with Gasteiger partial charge in [0.2, 0.25) is 0 Å². The predicted octanol–water partition coefficient (Wildman–Crippen LogP) is 2.49. The maximum Gasteiger partial charge on any atom is 0.348 e. The van der Waals surface area contributed by atoms with Crippen LogP contribution in [0.15, 0.2) is 30.5 Å². The van der Waals surface area contributed by atoms with Crippen LogP contribution in [0.3, 0.4) is 0 Å². The van der Waals surface area contributed by atoms with Crippen molar-refractivity contribution in [3.8, 4) is 0 Å². The predicted molar refractivity (Wildman–Crippen MR) is 72.6 cm³/mol. The van der Waals surface area contributed by atoms with Crippen LogP contribution in [0.2, 0.25) is 0 Å². The second-order valence-electron chi connectivity index (χ2n) is 3.78. The van der Waals surface area contributed by atoms with E-state index in [9.17, 15) is 9.59 Å². The van der Waals surface area contributed by atoms with Crippen LogP contribution in [0.5, 0.6) is 0 Å². The number of nitrogens with one attached hydrogen (secondary N) is 1. The van der Waals surface area contributed by atoms with Crippen LogP contribution in [-0.2, 0) is 4.74 Å². The zero-order valence-corrected chi connectivity index (χ0v) is 11.3. The van der Waals surface area contributed by atoms with Crippen molar-refractivity contribution in [2.75, 3.05) is 12.4 Å². The Morgan fingerprint density at radius 2 is 2.11 bits per heavy atom. The largest absolute Gasteiger partial charge is 0.465 e. The number of methoxy groups -OCH3 is 1. The van der Waals surface area contributed by atoms with Crippen LogP contribution in [0.4, 0.5) is 5.00 Å². The topological polar surface area (TPSA) is 68.3 Å². The molecule has 0 saturated carbocycles. The molecule has 98 valence electrons. The van der Waals surface area contributed by atoms with Gasteiger partial charge in [-0.15, -0.1) is 11.3 Å².